The van der Waals surface area contributed by atoms with Crippen LogP contribution in [0.2, 0.25) is 0 Å². The molecule has 1 amide bonds. The predicted octanol–water partition coefficient (Wildman–Crippen LogP) is 7.16. The molecule has 198 valence electrons. The van der Waals surface area contributed by atoms with Gasteiger partial charge in [-0.25, -0.2) is 9.37 Å². The first-order chi connectivity index (χ1) is 20.1. The summed E-state index contributed by atoms with van der Waals surface area (Å²) < 4.78 is 13.5. The van der Waals surface area contributed by atoms with E-state index in [1.54, 1.807) is 24.5 Å². The fraction of sp³-hybridized carbons (Fsp3) is 0.0303. The number of amides is 1. The second kappa shape index (κ2) is 10.2. The van der Waals surface area contributed by atoms with Crippen molar-refractivity contribution in [2.24, 2.45) is 0 Å². The first-order valence-corrected chi connectivity index (χ1v) is 13.1. The van der Waals surface area contributed by atoms with Gasteiger partial charge in [0.2, 0.25) is 5.91 Å². The van der Waals surface area contributed by atoms with Gasteiger partial charge in [-0.15, -0.1) is 0 Å². The van der Waals surface area contributed by atoms with Gasteiger partial charge in [0.05, 0.1) is 34.9 Å². The molecule has 3 N–H and O–H groups in total. The van der Waals surface area contributed by atoms with Gasteiger partial charge in [0, 0.05) is 22.7 Å². The Kier molecular flexibility index (Phi) is 6.05. The highest BCUT2D eigenvalue weighted by Gasteiger charge is 2.16. The number of hydrogen-bond donors (Lipinski definition) is 3. The highest BCUT2D eigenvalue weighted by Crippen LogP contribution is 2.33. The lowest BCUT2D eigenvalue weighted by Crippen LogP contribution is -2.14. The number of pyridine rings is 1. The summed E-state index contributed by atoms with van der Waals surface area (Å²) in [6.07, 6.45) is 3.70. The number of anilines is 1. The standard InChI is InChI=1S/C33H23FN6O/c34-24-12-9-21(10-13-24)26-7-4-8-29-31(26)38-33(37-29)32-27-17-22(11-14-28(27)39-40-32)23-16-25(19-35-18-23)36-30(41)15-20-5-2-1-3-6-20/h1-14,16-19H,15H2,(H,36,41)(H,37,38)(H,39,40). The van der Waals surface area contributed by atoms with E-state index < -0.39 is 0 Å². The fourth-order valence-corrected chi connectivity index (χ4v) is 5.03. The maximum atomic E-state index is 13.5. The van der Waals surface area contributed by atoms with Crippen LogP contribution in [0, 0.1) is 5.82 Å². The Morgan fingerprint density at radius 2 is 1.63 bits per heavy atom. The highest BCUT2D eigenvalue weighted by molar-refractivity contribution is 5.98. The number of carbonyl (C=O) groups excluding carboxylic acids is 1. The van der Waals surface area contributed by atoms with Gasteiger partial charge in [-0.3, -0.25) is 14.9 Å². The SMILES string of the molecule is O=C(Cc1ccccc1)Nc1cncc(-c2ccc3[nH]nc(-c4nc5c(-c6ccc(F)cc6)cccc5[nH]4)c3c2)c1. The number of hydrogen-bond acceptors (Lipinski definition) is 4. The first kappa shape index (κ1) is 24.4. The van der Waals surface area contributed by atoms with Crippen molar-refractivity contribution in [3.63, 3.8) is 0 Å². The van der Waals surface area contributed by atoms with Crippen LogP contribution in [0.1, 0.15) is 5.56 Å². The van der Waals surface area contributed by atoms with Crippen LogP contribution in [0.5, 0.6) is 0 Å². The van der Waals surface area contributed by atoms with Crippen molar-refractivity contribution in [1.29, 1.82) is 0 Å². The number of para-hydroxylation sites is 1. The number of aromatic nitrogens is 5. The van der Waals surface area contributed by atoms with E-state index >= 15 is 0 Å². The Labute approximate surface area is 234 Å². The molecule has 7 nitrogen and oxygen atoms in total. The maximum absolute atomic E-state index is 13.5. The van der Waals surface area contributed by atoms with Crippen LogP contribution in [0.15, 0.2) is 109 Å². The molecule has 3 aromatic heterocycles. The van der Waals surface area contributed by atoms with E-state index in [1.807, 2.05) is 72.8 Å². The molecule has 0 aliphatic heterocycles. The second-order valence-electron chi connectivity index (χ2n) is 9.80. The molecule has 8 heteroatoms. The molecule has 0 radical (unpaired) electrons. The number of rotatable bonds is 6. The van der Waals surface area contributed by atoms with Gasteiger partial charge in [-0.2, -0.15) is 5.10 Å². The van der Waals surface area contributed by atoms with Crippen molar-refractivity contribution in [1.82, 2.24) is 25.1 Å². The van der Waals surface area contributed by atoms with E-state index in [4.69, 9.17) is 4.98 Å². The van der Waals surface area contributed by atoms with Gasteiger partial charge in [-0.05, 0) is 53.1 Å². The zero-order chi connectivity index (χ0) is 27.8. The number of imidazole rings is 1. The lowest BCUT2D eigenvalue weighted by Gasteiger charge is -2.08. The van der Waals surface area contributed by atoms with E-state index in [9.17, 15) is 9.18 Å². The summed E-state index contributed by atoms with van der Waals surface area (Å²) in [6, 6.07) is 29.8. The minimum atomic E-state index is -0.280. The van der Waals surface area contributed by atoms with Gasteiger partial charge in [-0.1, -0.05) is 60.7 Å². The molecule has 0 saturated carbocycles. The van der Waals surface area contributed by atoms with E-state index in [-0.39, 0.29) is 18.1 Å². The van der Waals surface area contributed by atoms with Crippen LogP contribution in [-0.2, 0) is 11.2 Å². The lowest BCUT2D eigenvalue weighted by atomic mass is 10.0. The minimum Gasteiger partial charge on any atom is -0.337 e. The van der Waals surface area contributed by atoms with Gasteiger partial charge >= 0.3 is 0 Å². The lowest BCUT2D eigenvalue weighted by molar-refractivity contribution is -0.115. The molecule has 7 aromatic rings. The van der Waals surface area contributed by atoms with Crippen molar-refractivity contribution in [2.75, 3.05) is 5.32 Å². The Morgan fingerprint density at radius 1 is 0.805 bits per heavy atom. The molecular weight excluding hydrogens is 515 g/mol. The van der Waals surface area contributed by atoms with Crippen LogP contribution < -0.4 is 5.32 Å². The second-order valence-corrected chi connectivity index (χ2v) is 9.80. The van der Waals surface area contributed by atoms with Gasteiger partial charge in [0.15, 0.2) is 5.82 Å². The van der Waals surface area contributed by atoms with E-state index in [1.165, 1.54) is 12.1 Å². The largest absolute Gasteiger partial charge is 0.337 e. The summed E-state index contributed by atoms with van der Waals surface area (Å²) in [7, 11) is 0. The number of carbonyl (C=O) groups is 1. The third-order valence-corrected chi connectivity index (χ3v) is 7.02. The molecule has 4 aromatic carbocycles. The number of nitrogens with zero attached hydrogens (tertiary/aromatic N) is 3. The zero-order valence-electron chi connectivity index (χ0n) is 21.7. The first-order valence-electron chi connectivity index (χ1n) is 13.1. The number of nitrogens with one attached hydrogen (secondary N) is 3. The van der Waals surface area contributed by atoms with Crippen molar-refractivity contribution in [3.05, 3.63) is 121 Å². The topological polar surface area (TPSA) is 99.3 Å². The van der Waals surface area contributed by atoms with Crippen molar-refractivity contribution >= 4 is 33.5 Å². The van der Waals surface area contributed by atoms with E-state index in [0.717, 1.165) is 49.8 Å². The van der Waals surface area contributed by atoms with Gasteiger partial charge in [0.25, 0.3) is 0 Å². The molecule has 41 heavy (non-hydrogen) atoms. The predicted molar refractivity (Wildman–Crippen MR) is 159 cm³/mol. The number of benzene rings is 4. The fourth-order valence-electron chi connectivity index (χ4n) is 5.03. The maximum Gasteiger partial charge on any atom is 0.228 e. The number of fused-ring (bicyclic) bond motifs is 2. The molecular formula is C33H23FN6O. The molecule has 0 aliphatic carbocycles. The van der Waals surface area contributed by atoms with Gasteiger partial charge < -0.3 is 10.3 Å². The summed E-state index contributed by atoms with van der Waals surface area (Å²) >= 11 is 0. The zero-order valence-corrected chi connectivity index (χ0v) is 21.7. The Morgan fingerprint density at radius 3 is 2.49 bits per heavy atom. The molecule has 0 spiro atoms. The van der Waals surface area contributed by atoms with Crippen molar-refractivity contribution in [2.45, 2.75) is 6.42 Å². The van der Waals surface area contributed by atoms with Gasteiger partial charge in [0.1, 0.15) is 11.5 Å². The van der Waals surface area contributed by atoms with Crippen LogP contribution in [0.3, 0.4) is 0 Å². The number of aromatic amines is 2. The third kappa shape index (κ3) is 4.83. The summed E-state index contributed by atoms with van der Waals surface area (Å²) in [4.78, 5) is 25.2. The molecule has 0 unspecified atom stereocenters. The molecule has 7 rings (SSSR count). The van der Waals surface area contributed by atoms with Crippen LogP contribution in [-0.4, -0.2) is 31.1 Å². The molecule has 0 aliphatic rings. The monoisotopic (exact) mass is 538 g/mol. The summed E-state index contributed by atoms with van der Waals surface area (Å²) in [5.41, 5.74) is 8.34. The minimum absolute atomic E-state index is 0.104. The average molecular weight is 539 g/mol. The molecule has 0 bridgehead atoms. The highest BCUT2D eigenvalue weighted by atomic mass is 19.1. The van der Waals surface area contributed by atoms with Crippen LogP contribution >= 0.6 is 0 Å². The summed E-state index contributed by atoms with van der Waals surface area (Å²) in [5.74, 6) is 0.239. The Bertz CT molecular complexity index is 2030. The number of H-pyrrole nitrogens is 2. The van der Waals surface area contributed by atoms with Crippen molar-refractivity contribution < 1.29 is 9.18 Å². The van der Waals surface area contributed by atoms with Crippen molar-refractivity contribution in [3.8, 4) is 33.8 Å². The quantitative estimate of drug-likeness (QED) is 0.209. The smallest absolute Gasteiger partial charge is 0.228 e. The van der Waals surface area contributed by atoms with E-state index in [0.29, 0.717) is 17.2 Å². The summed E-state index contributed by atoms with van der Waals surface area (Å²) in [6.45, 7) is 0. The van der Waals surface area contributed by atoms with Crippen LogP contribution in [0.4, 0.5) is 10.1 Å². The number of halogens is 1. The molecule has 0 saturated heterocycles. The third-order valence-electron chi connectivity index (χ3n) is 7.02. The normalized spacial score (nSPS) is 11.2. The molecule has 3 heterocycles. The molecule has 0 atom stereocenters. The summed E-state index contributed by atoms with van der Waals surface area (Å²) in [5, 5.41) is 11.5. The Balaban J connectivity index is 1.21. The van der Waals surface area contributed by atoms with E-state index in [2.05, 4.69) is 25.5 Å². The molecule has 0 fully saturated rings. The van der Waals surface area contributed by atoms with Crippen LogP contribution in [0.25, 0.3) is 55.7 Å². The Hall–Kier alpha value is -5.63. The average Bonchev–Trinajstić information content (AvgIpc) is 3.62.